The molecule has 2 saturated heterocycles. The third-order valence-corrected chi connectivity index (χ3v) is 9.16. The Hall–Kier alpha value is -3.85. The molecule has 1 aliphatic carbocycles. The van der Waals surface area contributed by atoms with Gasteiger partial charge in [-0.25, -0.2) is 0 Å². The van der Waals surface area contributed by atoms with Crippen molar-refractivity contribution in [2.24, 2.45) is 11.8 Å². The topological polar surface area (TPSA) is 106 Å². The Bertz CT molecular complexity index is 1390. The maximum absolute atomic E-state index is 14.3. The highest BCUT2D eigenvalue weighted by Gasteiger charge is 2.73. The van der Waals surface area contributed by atoms with Crippen LogP contribution in [0.25, 0.3) is 0 Å². The molecule has 6 atom stereocenters. The number of carbonyl (C=O) groups excluding carboxylic acids is 3. The van der Waals surface area contributed by atoms with Crippen LogP contribution in [0.1, 0.15) is 37.7 Å². The summed E-state index contributed by atoms with van der Waals surface area (Å²) in [6.45, 7) is 2.36. The third-order valence-electron chi connectivity index (χ3n) is 9.16. The summed E-state index contributed by atoms with van der Waals surface area (Å²) in [6.07, 6.45) is 7.76. The van der Waals surface area contributed by atoms with E-state index >= 15 is 0 Å². The Kier molecular flexibility index (Phi) is 6.49. The van der Waals surface area contributed by atoms with Crippen molar-refractivity contribution in [1.82, 2.24) is 10.2 Å². The highest BCUT2D eigenvalue weighted by Crippen LogP contribution is 2.55. The van der Waals surface area contributed by atoms with Gasteiger partial charge in [0.05, 0.1) is 24.5 Å². The molecule has 4 heterocycles. The fourth-order valence-corrected chi connectivity index (χ4v) is 7.23. The number of likely N-dealkylation sites (tertiary alicyclic amines) is 1. The van der Waals surface area contributed by atoms with Crippen LogP contribution in [0.15, 0.2) is 60.7 Å². The molecule has 2 aromatic rings. The van der Waals surface area contributed by atoms with Gasteiger partial charge in [-0.1, -0.05) is 61.2 Å². The number of nitrogens with one attached hydrogen (secondary N) is 2. The minimum absolute atomic E-state index is 0.0630. The van der Waals surface area contributed by atoms with Crippen molar-refractivity contribution in [3.05, 3.63) is 66.2 Å². The maximum Gasteiger partial charge on any atom is 0.246 e. The molecule has 9 heteroatoms. The van der Waals surface area contributed by atoms with E-state index in [1.54, 1.807) is 4.90 Å². The molecule has 3 amide bonds. The van der Waals surface area contributed by atoms with E-state index in [4.69, 9.17) is 14.2 Å². The Morgan fingerprint density at radius 3 is 2.54 bits per heavy atom. The number of nitrogens with zero attached hydrogens (tertiary/aromatic N) is 1. The van der Waals surface area contributed by atoms with Crippen molar-refractivity contribution < 1.29 is 28.6 Å². The lowest BCUT2D eigenvalue weighted by atomic mass is 9.74. The predicted octanol–water partition coefficient (Wildman–Crippen LogP) is 3.37. The number of para-hydroxylation sites is 2. The van der Waals surface area contributed by atoms with Crippen LogP contribution in [0.2, 0.25) is 0 Å². The number of anilines is 1. The van der Waals surface area contributed by atoms with Crippen molar-refractivity contribution in [1.29, 1.82) is 0 Å². The molecule has 214 valence electrons. The maximum atomic E-state index is 14.3. The molecule has 3 fully saturated rings. The van der Waals surface area contributed by atoms with Gasteiger partial charge >= 0.3 is 0 Å². The second-order valence-electron chi connectivity index (χ2n) is 11.9. The Morgan fingerprint density at radius 1 is 1.00 bits per heavy atom. The van der Waals surface area contributed by atoms with Crippen LogP contribution in [-0.2, 0) is 19.1 Å². The number of hydrogen-bond donors (Lipinski definition) is 2. The minimum atomic E-state index is -1.22. The molecule has 41 heavy (non-hydrogen) atoms. The highest BCUT2D eigenvalue weighted by molar-refractivity contribution is 6.02. The molecule has 2 N–H and O–H groups in total. The van der Waals surface area contributed by atoms with E-state index in [9.17, 15) is 14.4 Å². The van der Waals surface area contributed by atoms with E-state index in [1.807, 2.05) is 67.6 Å². The molecule has 1 spiro atoms. The highest BCUT2D eigenvalue weighted by atomic mass is 16.6. The molecule has 2 bridgehead atoms. The number of aryl methyl sites for hydroxylation is 1. The molecule has 7 rings (SSSR count). The summed E-state index contributed by atoms with van der Waals surface area (Å²) in [5, 5.41) is 6.20. The van der Waals surface area contributed by atoms with Crippen LogP contribution in [0.4, 0.5) is 5.69 Å². The lowest BCUT2D eigenvalue weighted by Gasteiger charge is -2.36. The average molecular weight is 558 g/mol. The predicted molar refractivity (Wildman–Crippen MR) is 150 cm³/mol. The fourth-order valence-electron chi connectivity index (χ4n) is 7.23. The van der Waals surface area contributed by atoms with E-state index < -0.39 is 35.7 Å². The Labute approximate surface area is 239 Å². The summed E-state index contributed by atoms with van der Waals surface area (Å²) in [5.74, 6) is -1.12. The first-order chi connectivity index (χ1) is 19.9. The summed E-state index contributed by atoms with van der Waals surface area (Å²) < 4.78 is 18.6. The molecule has 5 aliphatic rings. The monoisotopic (exact) mass is 557 g/mol. The second kappa shape index (κ2) is 10.2. The molecule has 1 saturated carbocycles. The van der Waals surface area contributed by atoms with Crippen LogP contribution >= 0.6 is 0 Å². The third kappa shape index (κ3) is 4.47. The number of ether oxygens (including phenoxy) is 3. The SMILES string of the molecule is Cc1ccc(NC(=O)C2C3C=CC4(O3)C2C(=O)N(CC2COc3ccccc3O2)C4C(=O)NC2CCCCC2)cc1. The van der Waals surface area contributed by atoms with Crippen LogP contribution in [0, 0.1) is 18.8 Å². The average Bonchev–Trinajstić information content (AvgIpc) is 3.62. The van der Waals surface area contributed by atoms with Gasteiger partial charge in [0.2, 0.25) is 17.7 Å². The number of amides is 3. The van der Waals surface area contributed by atoms with E-state index in [1.165, 1.54) is 0 Å². The quantitative estimate of drug-likeness (QED) is 0.528. The number of hydrogen-bond acceptors (Lipinski definition) is 6. The van der Waals surface area contributed by atoms with Crippen molar-refractivity contribution in [3.63, 3.8) is 0 Å². The van der Waals surface area contributed by atoms with Crippen LogP contribution in [0.5, 0.6) is 11.5 Å². The fraction of sp³-hybridized carbons (Fsp3) is 0.469. The summed E-state index contributed by atoms with van der Waals surface area (Å²) in [6, 6.07) is 14.1. The van der Waals surface area contributed by atoms with E-state index in [0.717, 1.165) is 37.7 Å². The second-order valence-corrected chi connectivity index (χ2v) is 11.9. The zero-order chi connectivity index (χ0) is 28.1. The van der Waals surface area contributed by atoms with Crippen LogP contribution in [0.3, 0.4) is 0 Å². The van der Waals surface area contributed by atoms with Gasteiger partial charge in [0.15, 0.2) is 17.6 Å². The lowest BCUT2D eigenvalue weighted by Crippen LogP contribution is -2.58. The van der Waals surface area contributed by atoms with Gasteiger partial charge in [-0.2, -0.15) is 0 Å². The van der Waals surface area contributed by atoms with E-state index in [2.05, 4.69) is 10.6 Å². The van der Waals surface area contributed by atoms with Crippen molar-refractivity contribution >= 4 is 23.4 Å². The molecule has 6 unspecified atom stereocenters. The summed E-state index contributed by atoms with van der Waals surface area (Å²) in [7, 11) is 0. The molecule has 0 radical (unpaired) electrons. The standard InChI is InChI=1S/C32H35N3O6/c1-19-11-13-21(14-12-19)33-29(36)26-25-15-16-32(41-25)27(26)31(38)35(28(32)30(37)34-20-7-3-2-4-8-20)17-22-18-39-23-9-5-6-10-24(23)40-22/h5-6,9-16,20,22,25-28H,2-4,7-8,17-18H2,1H3,(H,33,36)(H,34,37). The molecule has 0 aromatic heterocycles. The number of carbonyl (C=O) groups is 3. The van der Waals surface area contributed by atoms with E-state index in [-0.39, 0.29) is 36.9 Å². The smallest absolute Gasteiger partial charge is 0.246 e. The van der Waals surface area contributed by atoms with E-state index in [0.29, 0.717) is 17.2 Å². The van der Waals surface area contributed by atoms with Crippen LogP contribution in [-0.4, -0.2) is 65.7 Å². The first-order valence-electron chi connectivity index (χ1n) is 14.7. The molecule has 4 aliphatic heterocycles. The molecule has 9 nitrogen and oxygen atoms in total. The first-order valence-corrected chi connectivity index (χ1v) is 14.7. The van der Waals surface area contributed by atoms with Gasteiger partial charge in [-0.05, 0) is 44.0 Å². The van der Waals surface area contributed by atoms with Crippen molar-refractivity contribution in [2.75, 3.05) is 18.5 Å². The van der Waals surface area contributed by atoms with Crippen LogP contribution < -0.4 is 20.1 Å². The number of benzene rings is 2. The Balaban J connectivity index is 1.18. The van der Waals surface area contributed by atoms with Gasteiger partial charge in [-0.3, -0.25) is 14.4 Å². The minimum Gasteiger partial charge on any atom is -0.486 e. The largest absolute Gasteiger partial charge is 0.486 e. The molecule has 2 aromatic carbocycles. The zero-order valence-corrected chi connectivity index (χ0v) is 23.1. The van der Waals surface area contributed by atoms with Gasteiger partial charge in [0.1, 0.15) is 18.2 Å². The van der Waals surface area contributed by atoms with Gasteiger partial charge in [-0.15, -0.1) is 0 Å². The molecular weight excluding hydrogens is 522 g/mol. The van der Waals surface area contributed by atoms with Gasteiger partial charge < -0.3 is 29.7 Å². The van der Waals surface area contributed by atoms with Gasteiger partial charge in [0.25, 0.3) is 0 Å². The number of fused-ring (bicyclic) bond motifs is 2. The Morgan fingerprint density at radius 2 is 1.76 bits per heavy atom. The summed E-state index contributed by atoms with van der Waals surface area (Å²) in [4.78, 5) is 43.5. The summed E-state index contributed by atoms with van der Waals surface area (Å²) in [5.41, 5.74) is 0.517. The zero-order valence-electron chi connectivity index (χ0n) is 23.1. The normalized spacial score (nSPS) is 31.7. The lowest BCUT2D eigenvalue weighted by molar-refractivity contribution is -0.143. The first kappa shape index (κ1) is 26.1. The number of rotatable bonds is 6. The summed E-state index contributed by atoms with van der Waals surface area (Å²) >= 11 is 0. The van der Waals surface area contributed by atoms with Crippen molar-refractivity contribution in [2.45, 2.75) is 68.9 Å². The van der Waals surface area contributed by atoms with Crippen molar-refractivity contribution in [3.8, 4) is 11.5 Å². The van der Waals surface area contributed by atoms with Gasteiger partial charge in [0, 0.05) is 11.7 Å². The molecular formula is C32H35N3O6.